The van der Waals surface area contributed by atoms with E-state index in [9.17, 15) is 0 Å². The van der Waals surface area contributed by atoms with Gasteiger partial charge in [-0.2, -0.15) is 0 Å². The van der Waals surface area contributed by atoms with Gasteiger partial charge in [0.25, 0.3) is 4.46 Å². The van der Waals surface area contributed by atoms with E-state index < -0.39 is 4.46 Å². The van der Waals surface area contributed by atoms with Crippen molar-refractivity contribution in [1.82, 2.24) is 0 Å². The third-order valence-electron chi connectivity index (χ3n) is 4.95. The van der Waals surface area contributed by atoms with Gasteiger partial charge in [0, 0.05) is 5.56 Å². The van der Waals surface area contributed by atoms with Crippen LogP contribution in [0.2, 0.25) is 0 Å². The molecule has 0 aliphatic carbocycles. The predicted octanol–water partition coefficient (Wildman–Crippen LogP) is 4.28. The van der Waals surface area contributed by atoms with Crippen LogP contribution in [0.3, 0.4) is 0 Å². The number of rotatable bonds is 13. The van der Waals surface area contributed by atoms with E-state index in [1.165, 1.54) is 64.2 Å². The molecule has 0 aromatic heterocycles. The van der Waals surface area contributed by atoms with Crippen molar-refractivity contribution >= 4 is 23.2 Å². The molecule has 1 aromatic rings. The van der Waals surface area contributed by atoms with E-state index in [4.69, 9.17) is 23.2 Å². The van der Waals surface area contributed by atoms with Gasteiger partial charge in [0.05, 0.1) is 20.6 Å². The molecular formula is C21H36Cl3N. The van der Waals surface area contributed by atoms with E-state index >= 15 is 0 Å². The van der Waals surface area contributed by atoms with Crippen molar-refractivity contribution in [3.63, 3.8) is 0 Å². The molecule has 0 atom stereocenters. The zero-order valence-electron chi connectivity index (χ0n) is 16.2. The van der Waals surface area contributed by atoms with Crippen molar-refractivity contribution in [1.29, 1.82) is 0 Å². The van der Waals surface area contributed by atoms with Crippen LogP contribution in [0, 0.1) is 0 Å². The van der Waals surface area contributed by atoms with Crippen LogP contribution in [0.15, 0.2) is 30.3 Å². The van der Waals surface area contributed by atoms with Crippen molar-refractivity contribution in [2.75, 3.05) is 20.6 Å². The lowest BCUT2D eigenvalue weighted by Crippen LogP contribution is -3.00. The summed E-state index contributed by atoms with van der Waals surface area (Å²) in [5.74, 6) is 0. The molecule has 1 nitrogen and oxygen atoms in total. The van der Waals surface area contributed by atoms with Crippen LogP contribution in [0.25, 0.3) is 0 Å². The van der Waals surface area contributed by atoms with Crippen molar-refractivity contribution < 1.29 is 16.9 Å². The first-order valence-corrected chi connectivity index (χ1v) is 10.4. The van der Waals surface area contributed by atoms with Crippen LogP contribution >= 0.6 is 23.2 Å². The smallest absolute Gasteiger partial charge is 0.277 e. The Morgan fingerprint density at radius 1 is 0.760 bits per heavy atom. The van der Waals surface area contributed by atoms with Crippen LogP contribution in [0.5, 0.6) is 0 Å². The number of nitrogens with zero attached hydrogens (tertiary/aromatic N) is 1. The first kappa shape index (κ1) is 25.1. The Balaban J connectivity index is 0.00000576. The van der Waals surface area contributed by atoms with Gasteiger partial charge in [-0.1, -0.05) is 76.5 Å². The largest absolute Gasteiger partial charge is 1.00 e. The summed E-state index contributed by atoms with van der Waals surface area (Å²) in [6.07, 6.45) is 13.5. The van der Waals surface area contributed by atoms with Gasteiger partial charge < -0.3 is 12.4 Å². The summed E-state index contributed by atoms with van der Waals surface area (Å²) in [6, 6.07) is 10.0. The Kier molecular flexibility index (Phi) is 13.3. The summed E-state index contributed by atoms with van der Waals surface area (Å²) in [5.41, 5.74) is 0.977. The molecule has 0 unspecified atom stereocenters. The summed E-state index contributed by atoms with van der Waals surface area (Å²) >= 11 is 13.4. The second kappa shape index (κ2) is 13.3. The van der Waals surface area contributed by atoms with Crippen molar-refractivity contribution in [2.24, 2.45) is 0 Å². The van der Waals surface area contributed by atoms with Gasteiger partial charge >= 0.3 is 0 Å². The highest BCUT2D eigenvalue weighted by Crippen LogP contribution is 2.41. The number of benzene rings is 1. The number of hydrogen-bond donors (Lipinski definition) is 0. The molecular weight excluding hydrogens is 373 g/mol. The fourth-order valence-corrected chi connectivity index (χ4v) is 3.54. The summed E-state index contributed by atoms with van der Waals surface area (Å²) < 4.78 is -0.294. The van der Waals surface area contributed by atoms with Gasteiger partial charge in [-0.25, -0.2) is 0 Å². The fraction of sp³-hybridized carbons (Fsp3) is 0.714. The third-order valence-corrected chi connectivity index (χ3v) is 6.30. The standard InChI is InChI=1S/C21H36Cl2N.ClH/c1-4-5-6-7-8-9-10-11-12-16-19-24(2,3)21(22,23)20-17-14-13-15-18-20;/h13-15,17-18H,4-12,16,19H2,1-3H3;1H/q+1;/p-1. The van der Waals surface area contributed by atoms with Crippen LogP contribution in [-0.2, 0) is 4.46 Å². The van der Waals surface area contributed by atoms with Crippen LogP contribution < -0.4 is 12.4 Å². The minimum atomic E-state index is -0.888. The van der Waals surface area contributed by atoms with E-state index in [1.54, 1.807) is 0 Å². The Bertz CT molecular complexity index is 432. The van der Waals surface area contributed by atoms with Crippen molar-refractivity contribution in [2.45, 2.75) is 75.6 Å². The lowest BCUT2D eigenvalue weighted by molar-refractivity contribution is -0.920. The predicted molar refractivity (Wildman–Crippen MR) is 109 cm³/mol. The summed E-state index contributed by atoms with van der Waals surface area (Å²) in [7, 11) is 4.25. The normalized spacial score (nSPS) is 12.0. The van der Waals surface area contributed by atoms with E-state index in [0.717, 1.165) is 12.1 Å². The fourth-order valence-electron chi connectivity index (χ4n) is 3.12. The summed E-state index contributed by atoms with van der Waals surface area (Å²) in [4.78, 5) is 0. The van der Waals surface area contributed by atoms with E-state index in [1.807, 2.05) is 30.3 Å². The number of alkyl halides is 2. The molecule has 1 aromatic carbocycles. The molecule has 146 valence electrons. The topological polar surface area (TPSA) is 0 Å². The Hall–Kier alpha value is 0.0500. The molecule has 0 saturated carbocycles. The quantitative estimate of drug-likeness (QED) is 0.198. The number of unbranched alkanes of at least 4 members (excludes halogenated alkanes) is 9. The highest BCUT2D eigenvalue weighted by molar-refractivity contribution is 6.46. The monoisotopic (exact) mass is 407 g/mol. The third kappa shape index (κ3) is 9.00. The van der Waals surface area contributed by atoms with Gasteiger partial charge in [-0.15, -0.1) is 0 Å². The molecule has 0 saturated heterocycles. The highest BCUT2D eigenvalue weighted by Gasteiger charge is 2.43. The Morgan fingerprint density at radius 2 is 1.20 bits per heavy atom. The summed E-state index contributed by atoms with van der Waals surface area (Å²) in [5, 5.41) is 0. The van der Waals surface area contributed by atoms with Crippen LogP contribution in [0.1, 0.15) is 76.7 Å². The summed E-state index contributed by atoms with van der Waals surface area (Å²) in [6.45, 7) is 3.27. The molecule has 0 N–H and O–H groups in total. The molecule has 0 amide bonds. The van der Waals surface area contributed by atoms with Crippen LogP contribution in [-0.4, -0.2) is 25.1 Å². The van der Waals surface area contributed by atoms with E-state index in [2.05, 4.69) is 21.0 Å². The molecule has 0 radical (unpaired) electrons. The second-order valence-electron chi connectivity index (χ2n) is 7.50. The number of hydrogen-bond acceptors (Lipinski definition) is 0. The van der Waals surface area contributed by atoms with Gasteiger partial charge in [0.2, 0.25) is 0 Å². The minimum absolute atomic E-state index is 0. The van der Waals surface area contributed by atoms with Gasteiger partial charge in [0.1, 0.15) is 0 Å². The average Bonchev–Trinajstić information content (AvgIpc) is 2.57. The lowest BCUT2D eigenvalue weighted by Gasteiger charge is -2.40. The number of quaternary nitrogens is 1. The molecule has 4 heteroatoms. The molecule has 0 bridgehead atoms. The molecule has 0 spiro atoms. The SMILES string of the molecule is CCCCCCCCCCCC[N+](C)(C)C(Cl)(Cl)c1ccccc1.[Cl-]. The van der Waals surface area contributed by atoms with Gasteiger partial charge in [-0.05, 0) is 48.2 Å². The minimum Gasteiger partial charge on any atom is -1.00 e. The molecule has 0 aliphatic rings. The first-order chi connectivity index (χ1) is 11.4. The molecule has 0 aliphatic heterocycles. The zero-order valence-corrected chi connectivity index (χ0v) is 18.5. The number of halogens is 3. The molecule has 0 fully saturated rings. The van der Waals surface area contributed by atoms with Gasteiger partial charge in [-0.3, -0.25) is 4.48 Å². The zero-order chi connectivity index (χ0) is 17.9. The van der Waals surface area contributed by atoms with Gasteiger partial charge in [0.15, 0.2) is 0 Å². The second-order valence-corrected chi connectivity index (χ2v) is 8.79. The highest BCUT2D eigenvalue weighted by atomic mass is 35.5. The Morgan fingerprint density at radius 3 is 1.68 bits per heavy atom. The average molecular weight is 409 g/mol. The van der Waals surface area contributed by atoms with E-state index in [0.29, 0.717) is 4.48 Å². The van der Waals surface area contributed by atoms with Crippen molar-refractivity contribution in [3.05, 3.63) is 35.9 Å². The maximum absolute atomic E-state index is 6.71. The lowest BCUT2D eigenvalue weighted by atomic mass is 10.1. The van der Waals surface area contributed by atoms with Crippen molar-refractivity contribution in [3.8, 4) is 0 Å². The Labute approximate surface area is 172 Å². The molecule has 1 rings (SSSR count). The molecule has 25 heavy (non-hydrogen) atoms. The van der Waals surface area contributed by atoms with Crippen LogP contribution in [0.4, 0.5) is 0 Å². The molecule has 0 heterocycles. The van der Waals surface area contributed by atoms with E-state index in [-0.39, 0.29) is 12.4 Å². The maximum atomic E-state index is 6.71. The maximum Gasteiger partial charge on any atom is 0.277 e. The first-order valence-electron chi connectivity index (χ1n) is 9.68.